The van der Waals surface area contributed by atoms with Crippen LogP contribution in [0, 0.1) is 0 Å². The maximum atomic E-state index is 13.5. The van der Waals surface area contributed by atoms with Crippen molar-refractivity contribution in [2.45, 2.75) is 12.8 Å². The number of methoxy groups -OCH3 is 1. The molecule has 192 valence electrons. The van der Waals surface area contributed by atoms with Gasteiger partial charge in [0.15, 0.2) is 5.78 Å². The molecule has 0 bridgehead atoms. The Balaban J connectivity index is 1.34. The minimum atomic E-state index is -0.596. The van der Waals surface area contributed by atoms with Gasteiger partial charge < -0.3 is 20.2 Å². The summed E-state index contributed by atoms with van der Waals surface area (Å²) in [6, 6.07) is 20.1. The van der Waals surface area contributed by atoms with Crippen LogP contribution < -0.4 is 25.6 Å². The third-order valence-corrected chi connectivity index (χ3v) is 6.38. The average molecular weight is 510 g/mol. The van der Waals surface area contributed by atoms with Crippen LogP contribution in [-0.4, -0.2) is 41.9 Å². The number of carbonyl (C=O) groups excluding carboxylic acids is 2. The molecule has 38 heavy (non-hydrogen) atoms. The van der Waals surface area contributed by atoms with Gasteiger partial charge in [-0.05, 0) is 42.8 Å². The van der Waals surface area contributed by atoms with E-state index in [-0.39, 0.29) is 23.9 Å². The molecule has 9 nitrogen and oxygen atoms in total. The van der Waals surface area contributed by atoms with Gasteiger partial charge in [0.25, 0.3) is 0 Å². The van der Waals surface area contributed by atoms with Crippen molar-refractivity contribution in [2.75, 3.05) is 20.2 Å². The number of allylic oxidation sites excluding steroid dienone is 1. The first-order chi connectivity index (χ1) is 18.5. The van der Waals surface area contributed by atoms with Crippen molar-refractivity contribution in [3.05, 3.63) is 102 Å². The second-order valence-electron chi connectivity index (χ2n) is 8.79. The number of Topliss-reactive ketones (excluding diaryl/α,β-unsaturated/α-hetero) is 1. The topological polar surface area (TPSA) is 114 Å². The molecule has 4 aromatic rings. The maximum Gasteiger partial charge on any atom is 0.250 e. The van der Waals surface area contributed by atoms with E-state index in [1.807, 2.05) is 55.5 Å². The van der Waals surface area contributed by atoms with Gasteiger partial charge in [-0.25, -0.2) is 10.4 Å². The zero-order valence-corrected chi connectivity index (χ0v) is 21.0. The van der Waals surface area contributed by atoms with Crippen LogP contribution in [0.25, 0.3) is 10.9 Å². The van der Waals surface area contributed by atoms with Crippen molar-refractivity contribution in [3.63, 3.8) is 0 Å². The number of hydrogen-bond donors (Lipinski definition) is 3. The molecule has 0 fully saturated rings. The summed E-state index contributed by atoms with van der Waals surface area (Å²) < 4.78 is 11.3. The second-order valence-corrected chi connectivity index (χ2v) is 8.79. The van der Waals surface area contributed by atoms with Crippen LogP contribution in [0.2, 0.25) is 0 Å². The maximum absolute atomic E-state index is 13.5. The summed E-state index contributed by atoms with van der Waals surface area (Å²) in [6.07, 6.45) is 3.18. The lowest BCUT2D eigenvalue weighted by atomic mass is 9.92. The third-order valence-electron chi connectivity index (χ3n) is 6.38. The molecular formula is C29H27N5O4. The van der Waals surface area contributed by atoms with Gasteiger partial charge in [0.2, 0.25) is 5.91 Å². The predicted molar refractivity (Wildman–Crippen MR) is 143 cm³/mol. The van der Waals surface area contributed by atoms with Gasteiger partial charge in [0.1, 0.15) is 22.9 Å². The van der Waals surface area contributed by atoms with E-state index >= 15 is 0 Å². The van der Waals surface area contributed by atoms with Crippen LogP contribution in [0.15, 0.2) is 90.4 Å². The van der Waals surface area contributed by atoms with Crippen molar-refractivity contribution >= 4 is 22.6 Å². The van der Waals surface area contributed by atoms with Gasteiger partial charge in [-0.3, -0.25) is 14.6 Å². The van der Waals surface area contributed by atoms with Gasteiger partial charge in [-0.2, -0.15) is 0 Å². The highest BCUT2D eigenvalue weighted by molar-refractivity contribution is 6.01. The standard InChI is InChI=1S/C29H27N5O4/c1-18-23(17-33-34-18)29(36)32-16-24(19-6-4-3-5-7-19)28(35)25-11-9-21(15-31-25)38-27-12-13-30-26-14-20(37-2)8-10-22(26)27/h3-15,24,33-34H,16-17H2,1-2H3,(H,32,36). The van der Waals surface area contributed by atoms with Crippen LogP contribution in [0.4, 0.5) is 0 Å². The number of benzene rings is 2. The lowest BCUT2D eigenvalue weighted by molar-refractivity contribution is -0.117. The Morgan fingerprint density at radius 3 is 2.55 bits per heavy atom. The summed E-state index contributed by atoms with van der Waals surface area (Å²) in [5.41, 5.74) is 9.06. The van der Waals surface area contributed by atoms with Gasteiger partial charge in [-0.15, -0.1) is 0 Å². The Hall–Kier alpha value is -4.76. The first kappa shape index (κ1) is 24.9. The van der Waals surface area contributed by atoms with Crippen LogP contribution in [0.1, 0.15) is 28.9 Å². The fourth-order valence-corrected chi connectivity index (χ4v) is 4.28. The van der Waals surface area contributed by atoms with E-state index in [9.17, 15) is 9.59 Å². The average Bonchev–Trinajstić information content (AvgIpc) is 3.39. The monoisotopic (exact) mass is 509 g/mol. The molecule has 2 aromatic heterocycles. The third kappa shape index (κ3) is 5.33. The smallest absolute Gasteiger partial charge is 0.250 e. The number of ether oxygens (including phenoxy) is 2. The van der Waals surface area contributed by atoms with E-state index in [0.717, 1.165) is 22.2 Å². The normalized spacial score (nSPS) is 13.6. The Morgan fingerprint density at radius 1 is 1.03 bits per heavy atom. The molecule has 5 rings (SSSR count). The molecule has 0 saturated heterocycles. The van der Waals surface area contributed by atoms with Crippen molar-refractivity contribution in [3.8, 4) is 17.2 Å². The van der Waals surface area contributed by atoms with Crippen molar-refractivity contribution in [1.29, 1.82) is 0 Å². The van der Waals surface area contributed by atoms with Crippen molar-refractivity contribution < 1.29 is 19.1 Å². The lowest BCUT2D eigenvalue weighted by Crippen LogP contribution is -2.34. The zero-order chi connectivity index (χ0) is 26.5. The Kier molecular flexibility index (Phi) is 7.28. The van der Waals surface area contributed by atoms with Crippen molar-refractivity contribution in [1.82, 2.24) is 26.1 Å². The predicted octanol–water partition coefficient (Wildman–Crippen LogP) is 3.90. The molecule has 9 heteroatoms. The highest BCUT2D eigenvalue weighted by Crippen LogP contribution is 2.31. The number of hydrogen-bond acceptors (Lipinski definition) is 8. The molecule has 3 heterocycles. The van der Waals surface area contributed by atoms with Gasteiger partial charge in [0.05, 0.1) is 30.3 Å². The summed E-state index contributed by atoms with van der Waals surface area (Å²) in [7, 11) is 1.61. The van der Waals surface area contributed by atoms with Crippen LogP contribution in [-0.2, 0) is 4.79 Å². The van der Waals surface area contributed by atoms with E-state index in [1.54, 1.807) is 31.5 Å². The fraction of sp³-hybridized carbons (Fsp3) is 0.172. The lowest BCUT2D eigenvalue weighted by Gasteiger charge is -2.17. The first-order valence-electron chi connectivity index (χ1n) is 12.2. The number of nitrogens with zero attached hydrogens (tertiary/aromatic N) is 2. The Bertz CT molecular complexity index is 1500. The molecule has 1 atom stereocenters. The Morgan fingerprint density at radius 2 is 1.84 bits per heavy atom. The van der Waals surface area contributed by atoms with E-state index in [0.29, 0.717) is 29.4 Å². The largest absolute Gasteiger partial charge is 0.497 e. The number of rotatable bonds is 9. The quantitative estimate of drug-likeness (QED) is 0.291. The van der Waals surface area contributed by atoms with Crippen molar-refractivity contribution in [2.24, 2.45) is 0 Å². The number of pyridine rings is 2. The van der Waals surface area contributed by atoms with Crippen LogP contribution >= 0.6 is 0 Å². The van der Waals surface area contributed by atoms with Gasteiger partial charge in [-0.1, -0.05) is 30.3 Å². The summed E-state index contributed by atoms with van der Waals surface area (Å²) in [5.74, 6) is 0.800. The molecule has 0 aliphatic carbocycles. The number of fused-ring (bicyclic) bond motifs is 1. The minimum absolute atomic E-state index is 0.144. The zero-order valence-electron chi connectivity index (χ0n) is 21.0. The fourth-order valence-electron chi connectivity index (χ4n) is 4.28. The number of ketones is 1. The molecule has 0 radical (unpaired) electrons. The SMILES string of the molecule is COc1ccc2c(Oc3ccc(C(=O)C(CNC(=O)C4=C(C)NNC4)c4ccccc4)nc3)ccnc2c1. The minimum Gasteiger partial charge on any atom is -0.497 e. The molecule has 1 amide bonds. The molecule has 0 spiro atoms. The number of carbonyl (C=O) groups is 2. The molecule has 1 aliphatic heterocycles. The number of amides is 1. The molecule has 2 aromatic carbocycles. The molecule has 1 aliphatic rings. The van der Waals surface area contributed by atoms with Crippen LogP contribution in [0.5, 0.6) is 17.2 Å². The molecule has 1 unspecified atom stereocenters. The molecular weight excluding hydrogens is 482 g/mol. The summed E-state index contributed by atoms with van der Waals surface area (Å²) in [5, 5.41) is 3.73. The summed E-state index contributed by atoms with van der Waals surface area (Å²) in [6.45, 7) is 2.39. The highest BCUT2D eigenvalue weighted by atomic mass is 16.5. The molecule has 3 N–H and O–H groups in total. The first-order valence-corrected chi connectivity index (χ1v) is 12.2. The number of nitrogens with one attached hydrogen (secondary N) is 3. The summed E-state index contributed by atoms with van der Waals surface area (Å²) in [4.78, 5) is 35.0. The highest BCUT2D eigenvalue weighted by Gasteiger charge is 2.25. The van der Waals surface area contributed by atoms with Crippen LogP contribution in [0.3, 0.4) is 0 Å². The van der Waals surface area contributed by atoms with E-state index < -0.39 is 5.92 Å². The second kappa shape index (κ2) is 11.1. The van der Waals surface area contributed by atoms with E-state index in [1.165, 1.54) is 6.20 Å². The molecule has 0 saturated carbocycles. The van der Waals surface area contributed by atoms with Gasteiger partial charge >= 0.3 is 0 Å². The number of aromatic nitrogens is 2. The number of hydrazine groups is 1. The van der Waals surface area contributed by atoms with E-state index in [2.05, 4.69) is 26.1 Å². The van der Waals surface area contributed by atoms with E-state index in [4.69, 9.17) is 9.47 Å². The van der Waals surface area contributed by atoms with Gasteiger partial charge in [0, 0.05) is 36.4 Å². The Labute approximate surface area is 219 Å². The summed E-state index contributed by atoms with van der Waals surface area (Å²) >= 11 is 0.